The Balaban J connectivity index is 2.20. The molecule has 1 heterocycles. The number of halogens is 1. The predicted octanol–water partition coefficient (Wildman–Crippen LogP) is 3.13. The van der Waals surface area contributed by atoms with Gasteiger partial charge in [0.1, 0.15) is 5.82 Å². The van der Waals surface area contributed by atoms with Gasteiger partial charge in [0.05, 0.1) is 10.7 Å². The molecule has 1 N–H and O–H groups in total. The molecule has 0 atom stereocenters. The average molecular weight is 279 g/mol. The molecule has 0 aliphatic rings. The van der Waals surface area contributed by atoms with Crippen LogP contribution in [-0.4, -0.2) is 16.3 Å². The number of hydrogen-bond acceptors (Lipinski definition) is 3. The van der Waals surface area contributed by atoms with Crippen molar-refractivity contribution in [3.05, 3.63) is 41.3 Å². The minimum absolute atomic E-state index is 0.197. The fourth-order valence-corrected chi connectivity index (χ4v) is 2.88. The van der Waals surface area contributed by atoms with E-state index in [-0.39, 0.29) is 5.82 Å². The molecule has 0 aliphatic heterocycles. The van der Waals surface area contributed by atoms with E-state index in [4.69, 9.17) is 0 Å². The van der Waals surface area contributed by atoms with Gasteiger partial charge in [-0.3, -0.25) is 4.68 Å². The number of nitrogens with zero attached hydrogens (tertiary/aromatic N) is 2. The lowest BCUT2D eigenvalue weighted by molar-refractivity contribution is 0.617. The summed E-state index contributed by atoms with van der Waals surface area (Å²) >= 11 is 1.53. The lowest BCUT2D eigenvalue weighted by Gasteiger charge is -2.06. The quantitative estimate of drug-likeness (QED) is 0.912. The zero-order chi connectivity index (χ0) is 13.8. The molecule has 1 aromatic carbocycles. The summed E-state index contributed by atoms with van der Waals surface area (Å²) < 4.78 is 15.4. The topological polar surface area (TPSA) is 29.9 Å². The van der Waals surface area contributed by atoms with Gasteiger partial charge < -0.3 is 5.32 Å². The van der Waals surface area contributed by atoms with Crippen LogP contribution in [0.25, 0.3) is 0 Å². The minimum atomic E-state index is -0.197. The van der Waals surface area contributed by atoms with Gasteiger partial charge in [0, 0.05) is 18.5 Å². The molecular weight excluding hydrogens is 261 g/mol. The van der Waals surface area contributed by atoms with Crippen LogP contribution in [0.2, 0.25) is 0 Å². The first-order valence-corrected chi connectivity index (χ1v) is 7.09. The van der Waals surface area contributed by atoms with Crippen LogP contribution in [0, 0.1) is 12.7 Å². The van der Waals surface area contributed by atoms with Crippen LogP contribution < -0.4 is 5.32 Å². The van der Waals surface area contributed by atoms with Crippen LogP contribution >= 0.6 is 11.8 Å². The third-order valence-corrected chi connectivity index (χ3v) is 3.75. The standard InChI is InChI=1S/C14H18FN3S/c1-4-16-9-11-6-12(15)8-13(7-11)19-14-5-10(2)17-18(14)3/h5-8,16H,4,9H2,1-3H3. The van der Waals surface area contributed by atoms with Crippen molar-refractivity contribution in [1.29, 1.82) is 0 Å². The maximum Gasteiger partial charge on any atom is 0.124 e. The second kappa shape index (κ2) is 6.21. The van der Waals surface area contributed by atoms with Crippen molar-refractivity contribution in [2.75, 3.05) is 6.54 Å². The van der Waals surface area contributed by atoms with E-state index in [0.29, 0.717) is 6.54 Å². The van der Waals surface area contributed by atoms with Crippen molar-refractivity contribution in [3.8, 4) is 0 Å². The first kappa shape index (κ1) is 14.1. The molecule has 0 spiro atoms. The normalized spacial score (nSPS) is 10.9. The van der Waals surface area contributed by atoms with Crippen molar-refractivity contribution in [2.24, 2.45) is 7.05 Å². The van der Waals surface area contributed by atoms with Crippen LogP contribution in [0.1, 0.15) is 18.2 Å². The molecule has 1 aromatic heterocycles. The highest BCUT2D eigenvalue weighted by Crippen LogP contribution is 2.29. The molecule has 0 radical (unpaired) electrons. The summed E-state index contributed by atoms with van der Waals surface area (Å²) in [5.41, 5.74) is 1.93. The summed E-state index contributed by atoms with van der Waals surface area (Å²) in [4.78, 5) is 0.899. The predicted molar refractivity (Wildman–Crippen MR) is 75.8 cm³/mol. The van der Waals surface area contributed by atoms with Gasteiger partial charge in [-0.15, -0.1) is 0 Å². The Hall–Kier alpha value is -1.33. The van der Waals surface area contributed by atoms with Gasteiger partial charge in [-0.1, -0.05) is 18.7 Å². The molecule has 0 amide bonds. The van der Waals surface area contributed by atoms with Crippen LogP contribution in [0.3, 0.4) is 0 Å². The molecule has 5 heteroatoms. The van der Waals surface area contributed by atoms with E-state index in [1.807, 2.05) is 37.7 Å². The molecule has 0 fully saturated rings. The summed E-state index contributed by atoms with van der Waals surface area (Å²) in [5, 5.41) is 8.51. The third kappa shape index (κ3) is 3.81. The Morgan fingerprint density at radius 1 is 1.32 bits per heavy atom. The molecule has 2 aromatic rings. The molecule has 0 bridgehead atoms. The van der Waals surface area contributed by atoms with Crippen molar-refractivity contribution in [1.82, 2.24) is 15.1 Å². The van der Waals surface area contributed by atoms with Crippen LogP contribution in [0.15, 0.2) is 34.2 Å². The van der Waals surface area contributed by atoms with Crippen molar-refractivity contribution in [2.45, 2.75) is 30.3 Å². The summed E-state index contributed by atoms with van der Waals surface area (Å²) in [6, 6.07) is 7.14. The zero-order valence-corrected chi connectivity index (χ0v) is 12.2. The molecule has 2 rings (SSSR count). The van der Waals surface area contributed by atoms with Crippen LogP contribution in [0.5, 0.6) is 0 Å². The second-order valence-corrected chi connectivity index (χ2v) is 5.52. The summed E-state index contributed by atoms with van der Waals surface area (Å²) in [5.74, 6) is -0.197. The van der Waals surface area contributed by atoms with Crippen molar-refractivity contribution >= 4 is 11.8 Å². The van der Waals surface area contributed by atoms with Gasteiger partial charge in [-0.2, -0.15) is 5.10 Å². The summed E-state index contributed by atoms with van der Waals surface area (Å²) in [7, 11) is 1.90. The largest absolute Gasteiger partial charge is 0.313 e. The van der Waals surface area contributed by atoms with Gasteiger partial charge in [0.25, 0.3) is 0 Å². The summed E-state index contributed by atoms with van der Waals surface area (Å²) in [6.07, 6.45) is 0. The Bertz CT molecular complexity index is 566. The van der Waals surface area contributed by atoms with Gasteiger partial charge in [0.15, 0.2) is 0 Å². The smallest absolute Gasteiger partial charge is 0.124 e. The average Bonchev–Trinajstić information content (AvgIpc) is 2.64. The molecule has 0 saturated heterocycles. The highest BCUT2D eigenvalue weighted by Gasteiger charge is 2.07. The van der Waals surface area contributed by atoms with Crippen LogP contribution in [-0.2, 0) is 13.6 Å². The fourth-order valence-electron chi connectivity index (χ4n) is 1.85. The van der Waals surface area contributed by atoms with Crippen LogP contribution in [0.4, 0.5) is 4.39 Å². The number of benzene rings is 1. The highest BCUT2D eigenvalue weighted by atomic mass is 32.2. The molecule has 0 unspecified atom stereocenters. The molecule has 0 aliphatic carbocycles. The van der Waals surface area contributed by atoms with Gasteiger partial charge in [0.2, 0.25) is 0 Å². The minimum Gasteiger partial charge on any atom is -0.313 e. The lowest BCUT2D eigenvalue weighted by Crippen LogP contribution is -2.11. The third-order valence-electron chi connectivity index (χ3n) is 2.69. The number of rotatable bonds is 5. The van der Waals surface area contributed by atoms with E-state index in [1.165, 1.54) is 11.8 Å². The Kier molecular flexibility index (Phi) is 4.61. The van der Waals surface area contributed by atoms with E-state index in [0.717, 1.165) is 27.7 Å². The maximum absolute atomic E-state index is 13.6. The van der Waals surface area contributed by atoms with Crippen molar-refractivity contribution < 1.29 is 4.39 Å². The molecule has 19 heavy (non-hydrogen) atoms. The molecular formula is C14H18FN3S. The van der Waals surface area contributed by atoms with E-state index in [9.17, 15) is 4.39 Å². The Morgan fingerprint density at radius 3 is 2.74 bits per heavy atom. The summed E-state index contributed by atoms with van der Waals surface area (Å²) in [6.45, 7) is 5.55. The van der Waals surface area contributed by atoms with Gasteiger partial charge >= 0.3 is 0 Å². The monoisotopic (exact) mass is 279 g/mol. The maximum atomic E-state index is 13.6. The molecule has 3 nitrogen and oxygen atoms in total. The molecule has 102 valence electrons. The number of aryl methyl sites for hydroxylation is 2. The fraction of sp³-hybridized carbons (Fsp3) is 0.357. The zero-order valence-electron chi connectivity index (χ0n) is 11.4. The SMILES string of the molecule is CCNCc1cc(F)cc(Sc2cc(C)nn2C)c1. The van der Waals surface area contributed by atoms with Gasteiger partial charge in [-0.05, 0) is 43.3 Å². The number of aromatic nitrogens is 2. The lowest BCUT2D eigenvalue weighted by atomic mass is 10.2. The first-order chi connectivity index (χ1) is 9.08. The second-order valence-electron chi connectivity index (χ2n) is 4.43. The number of nitrogens with one attached hydrogen (secondary N) is 1. The molecule has 0 saturated carbocycles. The number of hydrogen-bond donors (Lipinski definition) is 1. The van der Waals surface area contributed by atoms with E-state index < -0.39 is 0 Å². The highest BCUT2D eigenvalue weighted by molar-refractivity contribution is 7.99. The first-order valence-electron chi connectivity index (χ1n) is 6.27. The van der Waals surface area contributed by atoms with Gasteiger partial charge in [-0.25, -0.2) is 4.39 Å². The van der Waals surface area contributed by atoms with E-state index in [1.54, 1.807) is 12.1 Å². The Morgan fingerprint density at radius 2 is 2.11 bits per heavy atom. The van der Waals surface area contributed by atoms with E-state index in [2.05, 4.69) is 10.4 Å². The Labute approximate surface area is 117 Å². The van der Waals surface area contributed by atoms with Crippen molar-refractivity contribution in [3.63, 3.8) is 0 Å². The van der Waals surface area contributed by atoms with E-state index >= 15 is 0 Å².